The van der Waals surface area contributed by atoms with Crippen LogP contribution in [0.2, 0.25) is 0 Å². The van der Waals surface area contributed by atoms with Crippen molar-refractivity contribution in [3.63, 3.8) is 0 Å². The SMILES string of the molecule is c1cc2[nH]ncc2c(N2CCC3(CC2)OCCc2sccc23)n1. The largest absolute Gasteiger partial charge is 0.370 e. The van der Waals surface area contributed by atoms with Gasteiger partial charge in [0.15, 0.2) is 0 Å². The fourth-order valence-electron chi connectivity index (χ4n) is 3.96. The highest BCUT2D eigenvalue weighted by atomic mass is 32.1. The van der Waals surface area contributed by atoms with Crippen LogP contribution in [0.4, 0.5) is 5.82 Å². The molecule has 6 heteroatoms. The van der Waals surface area contributed by atoms with Gasteiger partial charge in [0, 0.05) is 30.6 Å². The average Bonchev–Trinajstić information content (AvgIpc) is 3.25. The van der Waals surface area contributed by atoms with E-state index in [0.717, 1.165) is 55.7 Å². The summed E-state index contributed by atoms with van der Waals surface area (Å²) < 4.78 is 6.29. The molecule has 2 aliphatic rings. The first-order valence-electron chi connectivity index (χ1n) is 8.10. The molecule has 1 spiro atoms. The zero-order chi connectivity index (χ0) is 15.3. The lowest BCUT2D eigenvalue weighted by Gasteiger charge is -2.44. The topological polar surface area (TPSA) is 54.0 Å². The van der Waals surface area contributed by atoms with Gasteiger partial charge in [-0.15, -0.1) is 11.3 Å². The minimum absolute atomic E-state index is 0.0750. The number of nitrogens with zero attached hydrogens (tertiary/aromatic N) is 3. The molecule has 3 aromatic rings. The van der Waals surface area contributed by atoms with Crippen molar-refractivity contribution < 1.29 is 4.74 Å². The molecule has 0 atom stereocenters. The molecule has 0 aromatic carbocycles. The van der Waals surface area contributed by atoms with Crippen molar-refractivity contribution in [3.05, 3.63) is 40.3 Å². The zero-order valence-electron chi connectivity index (χ0n) is 12.8. The van der Waals surface area contributed by atoms with E-state index in [1.54, 1.807) is 0 Å². The molecule has 0 bridgehead atoms. The molecule has 5 rings (SSSR count). The fraction of sp³-hybridized carbons (Fsp3) is 0.412. The van der Waals surface area contributed by atoms with E-state index in [0.29, 0.717) is 0 Å². The number of hydrogen-bond acceptors (Lipinski definition) is 5. The van der Waals surface area contributed by atoms with Gasteiger partial charge in [-0.1, -0.05) is 0 Å². The van der Waals surface area contributed by atoms with Gasteiger partial charge < -0.3 is 9.64 Å². The Balaban J connectivity index is 1.45. The second-order valence-electron chi connectivity index (χ2n) is 6.30. The molecule has 1 saturated heterocycles. The highest BCUT2D eigenvalue weighted by Crippen LogP contribution is 2.44. The number of nitrogens with one attached hydrogen (secondary N) is 1. The van der Waals surface area contributed by atoms with Gasteiger partial charge in [0.05, 0.1) is 29.3 Å². The molecule has 0 unspecified atom stereocenters. The highest BCUT2D eigenvalue weighted by Gasteiger charge is 2.41. The number of ether oxygens (including phenoxy) is 1. The standard InChI is InChI=1S/C17H18N4OS/c1-6-18-16(12-11-19-20-14(1)12)21-7-4-17(5-8-21)13-3-10-23-15(13)2-9-22-17/h1,3,6,10-11H,2,4-5,7-9H2,(H,19,20). The van der Waals surface area contributed by atoms with Gasteiger partial charge in [0.2, 0.25) is 0 Å². The first-order valence-corrected chi connectivity index (χ1v) is 8.98. The van der Waals surface area contributed by atoms with Crippen molar-refractivity contribution in [2.45, 2.75) is 24.9 Å². The van der Waals surface area contributed by atoms with Crippen LogP contribution in [0.3, 0.4) is 0 Å². The Labute approximate surface area is 138 Å². The third-order valence-corrected chi connectivity index (χ3v) is 6.14. The number of hydrogen-bond donors (Lipinski definition) is 1. The summed E-state index contributed by atoms with van der Waals surface area (Å²) in [6, 6.07) is 4.24. The summed E-state index contributed by atoms with van der Waals surface area (Å²) in [5, 5.41) is 10.5. The third kappa shape index (κ3) is 2.01. The maximum atomic E-state index is 6.29. The van der Waals surface area contributed by atoms with Crippen LogP contribution in [0.15, 0.2) is 29.9 Å². The Bertz CT molecular complexity index is 847. The second kappa shape index (κ2) is 5.04. The quantitative estimate of drug-likeness (QED) is 0.747. The number of pyridine rings is 1. The molecule has 3 aromatic heterocycles. The Morgan fingerprint density at radius 1 is 1.26 bits per heavy atom. The molecule has 1 N–H and O–H groups in total. The number of anilines is 1. The number of fused-ring (bicyclic) bond motifs is 3. The second-order valence-corrected chi connectivity index (χ2v) is 7.30. The van der Waals surface area contributed by atoms with Crippen molar-refractivity contribution in [2.24, 2.45) is 0 Å². The molecule has 0 amide bonds. The van der Waals surface area contributed by atoms with E-state index in [1.165, 1.54) is 10.4 Å². The van der Waals surface area contributed by atoms with Crippen molar-refractivity contribution in [1.82, 2.24) is 15.2 Å². The maximum absolute atomic E-state index is 6.29. The number of rotatable bonds is 1. The van der Waals surface area contributed by atoms with Crippen LogP contribution in [-0.4, -0.2) is 34.9 Å². The summed E-state index contributed by atoms with van der Waals surface area (Å²) in [7, 11) is 0. The number of H-pyrrole nitrogens is 1. The van der Waals surface area contributed by atoms with Crippen LogP contribution in [0.5, 0.6) is 0 Å². The number of aromatic amines is 1. The minimum Gasteiger partial charge on any atom is -0.370 e. The zero-order valence-corrected chi connectivity index (χ0v) is 13.6. The van der Waals surface area contributed by atoms with Gasteiger partial charge in [-0.3, -0.25) is 5.10 Å². The fourth-order valence-corrected chi connectivity index (χ4v) is 4.91. The van der Waals surface area contributed by atoms with E-state index in [2.05, 4.69) is 31.5 Å². The summed E-state index contributed by atoms with van der Waals surface area (Å²) in [4.78, 5) is 8.48. The first kappa shape index (κ1) is 13.5. The van der Waals surface area contributed by atoms with Crippen LogP contribution in [0.1, 0.15) is 23.3 Å². The van der Waals surface area contributed by atoms with Gasteiger partial charge in [0.25, 0.3) is 0 Å². The number of piperidine rings is 1. The summed E-state index contributed by atoms with van der Waals surface area (Å²) >= 11 is 1.87. The summed E-state index contributed by atoms with van der Waals surface area (Å²) in [6.45, 7) is 2.78. The van der Waals surface area contributed by atoms with Gasteiger partial charge in [-0.05, 0) is 35.9 Å². The number of thiophene rings is 1. The van der Waals surface area contributed by atoms with Crippen molar-refractivity contribution in [3.8, 4) is 0 Å². The Hall–Kier alpha value is -1.92. The molecule has 2 aliphatic heterocycles. The van der Waals surface area contributed by atoms with Crippen molar-refractivity contribution >= 4 is 28.1 Å². The van der Waals surface area contributed by atoms with Gasteiger partial charge >= 0.3 is 0 Å². The van der Waals surface area contributed by atoms with Gasteiger partial charge in [-0.25, -0.2) is 4.98 Å². The predicted octanol–water partition coefficient (Wildman–Crippen LogP) is 3.09. The van der Waals surface area contributed by atoms with Gasteiger partial charge in [-0.2, -0.15) is 5.10 Å². The lowest BCUT2D eigenvalue weighted by molar-refractivity contribution is -0.0757. The van der Waals surface area contributed by atoms with Crippen LogP contribution in [0, 0.1) is 0 Å². The minimum atomic E-state index is -0.0750. The van der Waals surface area contributed by atoms with E-state index in [1.807, 2.05) is 29.8 Å². The number of aromatic nitrogens is 3. The van der Waals surface area contributed by atoms with E-state index < -0.39 is 0 Å². The molecule has 0 aliphatic carbocycles. The van der Waals surface area contributed by atoms with Crippen LogP contribution < -0.4 is 4.90 Å². The molecular weight excluding hydrogens is 308 g/mol. The van der Waals surface area contributed by atoms with Crippen LogP contribution in [0.25, 0.3) is 10.9 Å². The van der Waals surface area contributed by atoms with Crippen LogP contribution >= 0.6 is 11.3 Å². The average molecular weight is 326 g/mol. The van der Waals surface area contributed by atoms with E-state index >= 15 is 0 Å². The van der Waals surface area contributed by atoms with Crippen molar-refractivity contribution in [1.29, 1.82) is 0 Å². The van der Waals surface area contributed by atoms with E-state index in [-0.39, 0.29) is 5.60 Å². The maximum Gasteiger partial charge on any atom is 0.139 e. The Kier molecular flexibility index (Phi) is 2.96. The molecule has 0 radical (unpaired) electrons. The highest BCUT2D eigenvalue weighted by molar-refractivity contribution is 7.10. The third-order valence-electron chi connectivity index (χ3n) is 5.16. The Morgan fingerprint density at radius 2 is 2.17 bits per heavy atom. The summed E-state index contributed by atoms with van der Waals surface area (Å²) in [5.41, 5.74) is 2.40. The molecule has 0 saturated carbocycles. The molecule has 1 fully saturated rings. The lowest BCUT2D eigenvalue weighted by atomic mass is 9.82. The smallest absolute Gasteiger partial charge is 0.139 e. The summed E-state index contributed by atoms with van der Waals surface area (Å²) in [6.07, 6.45) is 6.83. The molecular formula is C17H18N4OS. The van der Waals surface area contributed by atoms with Gasteiger partial charge in [0.1, 0.15) is 5.82 Å². The predicted molar refractivity (Wildman–Crippen MR) is 91.0 cm³/mol. The molecule has 23 heavy (non-hydrogen) atoms. The Morgan fingerprint density at radius 3 is 3.09 bits per heavy atom. The molecule has 5 nitrogen and oxygen atoms in total. The normalized spacial score (nSPS) is 20.1. The molecule has 118 valence electrons. The summed E-state index contributed by atoms with van der Waals surface area (Å²) in [5.74, 6) is 1.03. The van der Waals surface area contributed by atoms with E-state index in [4.69, 9.17) is 4.74 Å². The first-order chi connectivity index (χ1) is 11.4. The lowest BCUT2D eigenvalue weighted by Crippen LogP contribution is -2.46. The van der Waals surface area contributed by atoms with Crippen LogP contribution in [-0.2, 0) is 16.8 Å². The van der Waals surface area contributed by atoms with Crippen molar-refractivity contribution in [2.75, 3.05) is 24.6 Å². The molecule has 5 heterocycles. The van der Waals surface area contributed by atoms with E-state index in [9.17, 15) is 0 Å². The monoisotopic (exact) mass is 326 g/mol.